The third-order valence-electron chi connectivity index (χ3n) is 3.14. The van der Waals surface area contributed by atoms with Gasteiger partial charge in [-0.2, -0.15) is 0 Å². The van der Waals surface area contributed by atoms with Crippen LogP contribution < -0.4 is 10.9 Å². The second kappa shape index (κ2) is 4.13. The smallest absolute Gasteiger partial charge is 0.258 e. The first-order valence-corrected chi connectivity index (χ1v) is 6.02. The van der Waals surface area contributed by atoms with Crippen LogP contribution in [0.25, 0.3) is 5.65 Å². The lowest BCUT2D eigenvalue weighted by Gasteiger charge is -2.09. The molecule has 1 atom stereocenters. The van der Waals surface area contributed by atoms with E-state index in [0.29, 0.717) is 16.6 Å². The molecular weight excluding hydrogens is 238 g/mol. The molecule has 0 bridgehead atoms. The van der Waals surface area contributed by atoms with Gasteiger partial charge in [-0.1, -0.05) is 11.6 Å². The summed E-state index contributed by atoms with van der Waals surface area (Å²) in [6.07, 6.45) is 2.71. The molecule has 3 rings (SSSR count). The first-order valence-electron chi connectivity index (χ1n) is 5.64. The number of fused-ring (bicyclic) bond motifs is 1. The number of rotatable bonds is 1. The van der Waals surface area contributed by atoms with E-state index < -0.39 is 0 Å². The predicted octanol–water partition coefficient (Wildman–Crippen LogP) is 1.42. The SMILES string of the molecule is O=c1cc(C2CCNC2)nc2c(Cl)cccn12. The molecule has 1 unspecified atom stereocenters. The normalized spacial score (nSPS) is 19.9. The van der Waals surface area contributed by atoms with Gasteiger partial charge in [0.25, 0.3) is 5.56 Å². The Balaban J connectivity index is 2.22. The Morgan fingerprint density at radius 2 is 2.41 bits per heavy atom. The van der Waals surface area contributed by atoms with Gasteiger partial charge in [0.2, 0.25) is 0 Å². The minimum Gasteiger partial charge on any atom is -0.316 e. The lowest BCUT2D eigenvalue weighted by atomic mass is 10.1. The summed E-state index contributed by atoms with van der Waals surface area (Å²) in [5.74, 6) is 0.323. The van der Waals surface area contributed by atoms with Crippen LogP contribution in [0.1, 0.15) is 18.0 Å². The van der Waals surface area contributed by atoms with Crippen molar-refractivity contribution in [2.75, 3.05) is 13.1 Å². The number of aromatic nitrogens is 2. The first kappa shape index (κ1) is 10.7. The molecule has 3 heterocycles. The monoisotopic (exact) mass is 249 g/mol. The minimum atomic E-state index is -0.0700. The summed E-state index contributed by atoms with van der Waals surface area (Å²) < 4.78 is 1.48. The van der Waals surface area contributed by atoms with E-state index in [9.17, 15) is 4.79 Å². The third-order valence-corrected chi connectivity index (χ3v) is 3.44. The Hall–Kier alpha value is -1.39. The van der Waals surface area contributed by atoms with E-state index in [2.05, 4.69) is 10.3 Å². The summed E-state index contributed by atoms with van der Waals surface area (Å²) in [6, 6.07) is 5.11. The van der Waals surface area contributed by atoms with E-state index in [1.165, 1.54) is 4.40 Å². The quantitative estimate of drug-likeness (QED) is 0.832. The zero-order chi connectivity index (χ0) is 11.8. The molecule has 0 aliphatic carbocycles. The highest BCUT2D eigenvalue weighted by Crippen LogP contribution is 2.21. The van der Waals surface area contributed by atoms with Crippen LogP contribution in [0.4, 0.5) is 0 Å². The van der Waals surface area contributed by atoms with Crippen molar-refractivity contribution in [1.29, 1.82) is 0 Å². The highest BCUT2D eigenvalue weighted by Gasteiger charge is 2.19. The topological polar surface area (TPSA) is 46.4 Å². The van der Waals surface area contributed by atoms with Gasteiger partial charge in [0.05, 0.1) is 10.7 Å². The van der Waals surface area contributed by atoms with Crippen molar-refractivity contribution in [2.24, 2.45) is 0 Å². The van der Waals surface area contributed by atoms with Crippen LogP contribution in [0.5, 0.6) is 0 Å². The fourth-order valence-electron chi connectivity index (χ4n) is 2.23. The number of hydrogen-bond acceptors (Lipinski definition) is 3. The lowest BCUT2D eigenvalue weighted by Crippen LogP contribution is -2.18. The van der Waals surface area contributed by atoms with Crippen LogP contribution in [0.3, 0.4) is 0 Å². The molecule has 1 N–H and O–H groups in total. The van der Waals surface area contributed by atoms with Gasteiger partial charge < -0.3 is 5.32 Å². The Bertz CT molecular complexity index is 617. The molecule has 4 nitrogen and oxygen atoms in total. The fraction of sp³-hybridized carbons (Fsp3) is 0.333. The van der Waals surface area contributed by atoms with Crippen LogP contribution in [0, 0.1) is 0 Å². The van der Waals surface area contributed by atoms with Crippen LogP contribution in [-0.4, -0.2) is 22.5 Å². The van der Waals surface area contributed by atoms with Crippen molar-refractivity contribution in [3.8, 4) is 0 Å². The summed E-state index contributed by atoms with van der Waals surface area (Å²) in [7, 11) is 0. The molecule has 1 aliphatic rings. The molecule has 2 aromatic rings. The van der Waals surface area contributed by atoms with Gasteiger partial charge in [0, 0.05) is 24.7 Å². The number of halogens is 1. The molecule has 0 amide bonds. The van der Waals surface area contributed by atoms with Gasteiger partial charge in [-0.05, 0) is 25.1 Å². The summed E-state index contributed by atoms with van der Waals surface area (Å²) in [6.45, 7) is 1.86. The van der Waals surface area contributed by atoms with Crippen molar-refractivity contribution in [2.45, 2.75) is 12.3 Å². The second-order valence-electron chi connectivity index (χ2n) is 4.26. The fourth-order valence-corrected chi connectivity index (χ4v) is 2.43. The third kappa shape index (κ3) is 1.83. The standard InChI is InChI=1S/C12H12ClN3O/c13-9-2-1-5-16-11(17)6-10(15-12(9)16)8-3-4-14-7-8/h1-2,5-6,8,14H,3-4,7H2. The molecule has 1 saturated heterocycles. The van der Waals surface area contributed by atoms with Crippen molar-refractivity contribution in [3.05, 3.63) is 45.5 Å². The van der Waals surface area contributed by atoms with Gasteiger partial charge in [-0.3, -0.25) is 9.20 Å². The molecule has 88 valence electrons. The van der Waals surface area contributed by atoms with Crippen LogP contribution >= 0.6 is 11.6 Å². The zero-order valence-corrected chi connectivity index (χ0v) is 9.94. The van der Waals surface area contributed by atoms with E-state index in [4.69, 9.17) is 11.6 Å². The molecule has 0 saturated carbocycles. The van der Waals surface area contributed by atoms with Crippen LogP contribution in [0.15, 0.2) is 29.2 Å². The average molecular weight is 250 g/mol. The Kier molecular flexibility index (Phi) is 2.61. The van der Waals surface area contributed by atoms with E-state index >= 15 is 0 Å². The van der Waals surface area contributed by atoms with Gasteiger partial charge in [-0.15, -0.1) is 0 Å². The number of pyridine rings is 1. The highest BCUT2D eigenvalue weighted by atomic mass is 35.5. The van der Waals surface area contributed by atoms with Crippen molar-refractivity contribution in [3.63, 3.8) is 0 Å². The minimum absolute atomic E-state index is 0.0700. The molecule has 2 aromatic heterocycles. The van der Waals surface area contributed by atoms with E-state index in [1.54, 1.807) is 24.4 Å². The van der Waals surface area contributed by atoms with Crippen LogP contribution in [-0.2, 0) is 0 Å². The van der Waals surface area contributed by atoms with Crippen molar-refractivity contribution < 1.29 is 0 Å². The van der Waals surface area contributed by atoms with Crippen molar-refractivity contribution >= 4 is 17.2 Å². The molecule has 1 fully saturated rings. The van der Waals surface area contributed by atoms with E-state index in [-0.39, 0.29) is 5.56 Å². The van der Waals surface area contributed by atoms with E-state index in [1.807, 2.05) is 0 Å². The lowest BCUT2D eigenvalue weighted by molar-refractivity contribution is 0.730. The predicted molar refractivity (Wildman–Crippen MR) is 66.7 cm³/mol. The molecule has 0 aromatic carbocycles. The van der Waals surface area contributed by atoms with Gasteiger partial charge >= 0.3 is 0 Å². The van der Waals surface area contributed by atoms with Crippen LogP contribution in [0.2, 0.25) is 5.02 Å². The Morgan fingerprint density at radius 1 is 1.53 bits per heavy atom. The molecule has 17 heavy (non-hydrogen) atoms. The van der Waals surface area contributed by atoms with Crippen molar-refractivity contribution in [1.82, 2.24) is 14.7 Å². The maximum atomic E-state index is 12.0. The molecular formula is C12H12ClN3O. The van der Waals surface area contributed by atoms with Gasteiger partial charge in [0.15, 0.2) is 5.65 Å². The maximum absolute atomic E-state index is 12.0. The number of hydrogen-bond donors (Lipinski definition) is 1. The van der Waals surface area contributed by atoms with Gasteiger partial charge in [0.1, 0.15) is 0 Å². The molecule has 5 heteroatoms. The highest BCUT2D eigenvalue weighted by molar-refractivity contribution is 6.33. The number of nitrogens with zero attached hydrogens (tertiary/aromatic N) is 2. The summed E-state index contributed by atoms with van der Waals surface area (Å²) in [5, 5.41) is 3.78. The molecule has 0 radical (unpaired) electrons. The second-order valence-corrected chi connectivity index (χ2v) is 4.67. The zero-order valence-electron chi connectivity index (χ0n) is 9.19. The number of nitrogens with one attached hydrogen (secondary N) is 1. The Labute approximate surface area is 103 Å². The largest absolute Gasteiger partial charge is 0.316 e. The molecule has 1 aliphatic heterocycles. The molecule has 0 spiro atoms. The first-order chi connectivity index (χ1) is 8.25. The average Bonchev–Trinajstić information content (AvgIpc) is 2.84. The maximum Gasteiger partial charge on any atom is 0.258 e. The summed E-state index contributed by atoms with van der Waals surface area (Å²) in [4.78, 5) is 16.5. The Morgan fingerprint density at radius 3 is 3.18 bits per heavy atom. The summed E-state index contributed by atoms with van der Waals surface area (Å²) in [5.41, 5.74) is 1.32. The van der Waals surface area contributed by atoms with Gasteiger partial charge in [-0.25, -0.2) is 4.98 Å². The van der Waals surface area contributed by atoms with E-state index in [0.717, 1.165) is 25.2 Å². The summed E-state index contributed by atoms with van der Waals surface area (Å²) >= 11 is 6.07.